The van der Waals surface area contributed by atoms with E-state index in [2.05, 4.69) is 5.73 Å². The molecule has 12 heavy (non-hydrogen) atoms. The summed E-state index contributed by atoms with van der Waals surface area (Å²) in [7, 11) is -5.83. The fourth-order valence-corrected chi connectivity index (χ4v) is 0. The lowest BCUT2D eigenvalue weighted by atomic mass is 11.6. The Balaban J connectivity index is -0.000000112. The van der Waals surface area contributed by atoms with Gasteiger partial charge in [-0.1, -0.05) is 0 Å². The molecule has 7 nitrogen and oxygen atoms in total. The topological polar surface area (TPSA) is 135 Å². The zero-order valence-corrected chi connectivity index (χ0v) is 8.55. The van der Waals surface area contributed by atoms with Gasteiger partial charge in [0.25, 0.3) is 20.2 Å². The highest BCUT2D eigenvalue weighted by Gasteiger charge is 1.81. The van der Waals surface area contributed by atoms with Crippen molar-refractivity contribution < 1.29 is 25.9 Å². The molecule has 0 spiro atoms. The molecule has 0 heterocycles. The first-order valence-corrected chi connectivity index (χ1v) is 6.12. The third kappa shape index (κ3) is 15600. The first kappa shape index (κ1) is 17.8. The monoisotopic (exact) mass is 223 g/mol. The summed E-state index contributed by atoms with van der Waals surface area (Å²) in [6.45, 7) is 0. The lowest BCUT2D eigenvalue weighted by Crippen LogP contribution is -1.88. The van der Waals surface area contributed by atoms with E-state index in [0.717, 1.165) is 0 Å². The van der Waals surface area contributed by atoms with Crippen LogP contribution in [-0.4, -0.2) is 45.5 Å². The quantitative estimate of drug-likeness (QED) is 0.429. The largest absolute Gasteiger partial charge is 0.333 e. The van der Waals surface area contributed by atoms with E-state index >= 15 is 0 Å². The minimum absolute atomic E-state index is 0.715. The molecule has 0 aromatic rings. The van der Waals surface area contributed by atoms with Crippen LogP contribution >= 0.6 is 0 Å². The Kier molecular flexibility index (Phi) is 11.0. The predicted octanol–water partition coefficient (Wildman–Crippen LogP) is -1.42. The molecule has 0 amide bonds. The highest BCUT2D eigenvalue weighted by molar-refractivity contribution is 7.85. The van der Waals surface area contributed by atoms with Crippen LogP contribution in [0.25, 0.3) is 0 Å². The summed E-state index contributed by atoms with van der Waals surface area (Å²) in [5.74, 6) is 0. The summed E-state index contributed by atoms with van der Waals surface area (Å²) in [6.07, 6.45) is 1.43. The molecule has 0 radical (unpaired) electrons. The molecule has 0 saturated heterocycles. The summed E-state index contributed by atoms with van der Waals surface area (Å²) in [4.78, 5) is 0. The van der Waals surface area contributed by atoms with Gasteiger partial charge < -0.3 is 5.73 Å². The second-order valence-corrected chi connectivity index (χ2v) is 4.40. The molecular weight excluding hydrogens is 210 g/mol. The Bertz CT molecular complexity index is 217. The number of hydrogen-bond donors (Lipinski definition) is 3. The van der Waals surface area contributed by atoms with E-state index in [-0.39, 0.29) is 0 Å². The molecule has 0 unspecified atom stereocenters. The Morgan fingerprint density at radius 1 is 0.833 bits per heavy atom. The van der Waals surface area contributed by atoms with Crippen molar-refractivity contribution in [2.45, 2.75) is 0 Å². The minimum Gasteiger partial charge on any atom is -0.333 e. The van der Waals surface area contributed by atoms with Gasteiger partial charge in [-0.2, -0.15) is 16.8 Å². The SMILES string of the molecule is CN.CS(=O)(=O)O.CS(=O)(=O)O. The lowest BCUT2D eigenvalue weighted by Gasteiger charge is -1.69. The maximum atomic E-state index is 9.19. The molecule has 0 fully saturated rings. The van der Waals surface area contributed by atoms with Crippen molar-refractivity contribution in [2.24, 2.45) is 5.73 Å². The van der Waals surface area contributed by atoms with E-state index in [0.29, 0.717) is 12.5 Å². The molecule has 0 atom stereocenters. The van der Waals surface area contributed by atoms with Gasteiger partial charge in [0.15, 0.2) is 0 Å². The number of rotatable bonds is 0. The molecule has 0 bridgehead atoms. The Hall–Kier alpha value is -0.220. The van der Waals surface area contributed by atoms with E-state index < -0.39 is 20.2 Å². The van der Waals surface area contributed by atoms with Crippen LogP contribution in [0.15, 0.2) is 0 Å². The molecule has 4 N–H and O–H groups in total. The summed E-state index contributed by atoms with van der Waals surface area (Å²) in [6, 6.07) is 0. The van der Waals surface area contributed by atoms with Crippen LogP contribution in [-0.2, 0) is 20.2 Å². The van der Waals surface area contributed by atoms with Gasteiger partial charge in [0.2, 0.25) is 0 Å². The first-order chi connectivity index (χ1) is 5.00. The maximum absolute atomic E-state index is 9.19. The highest BCUT2D eigenvalue weighted by Crippen LogP contribution is 1.60. The lowest BCUT2D eigenvalue weighted by molar-refractivity contribution is 0.488. The minimum atomic E-state index is -3.67. The van der Waals surface area contributed by atoms with Crippen LogP contribution in [0.3, 0.4) is 0 Å². The van der Waals surface area contributed by atoms with Crippen molar-refractivity contribution in [3.05, 3.63) is 0 Å². The Labute approximate surface area is 72.1 Å². The molecular formula is C3H13NO6S2. The average molecular weight is 223 g/mol. The van der Waals surface area contributed by atoms with Crippen LogP contribution in [0.4, 0.5) is 0 Å². The predicted molar refractivity (Wildman–Crippen MR) is 45.1 cm³/mol. The molecule has 0 aliphatic rings. The number of nitrogens with two attached hydrogens (primary N) is 1. The third-order valence-corrected chi connectivity index (χ3v) is 0. The second kappa shape index (κ2) is 7.43. The van der Waals surface area contributed by atoms with Crippen molar-refractivity contribution in [1.82, 2.24) is 0 Å². The second-order valence-electron chi connectivity index (χ2n) is 1.47. The standard InChI is InChI=1S/CH5N.2CH4O3S/c1-2;2*1-5(2,3)4/h2H2,1H3;2*1H3,(H,2,3,4). The molecule has 78 valence electrons. The normalized spacial score (nSPS) is 10.2. The van der Waals surface area contributed by atoms with Crippen molar-refractivity contribution >= 4 is 20.2 Å². The van der Waals surface area contributed by atoms with E-state index in [1.807, 2.05) is 0 Å². The van der Waals surface area contributed by atoms with Gasteiger partial charge in [0, 0.05) is 0 Å². The van der Waals surface area contributed by atoms with Crippen LogP contribution in [0, 0.1) is 0 Å². The number of hydrogen-bond acceptors (Lipinski definition) is 5. The van der Waals surface area contributed by atoms with Gasteiger partial charge in [-0.15, -0.1) is 0 Å². The molecule has 0 rings (SSSR count). The Morgan fingerprint density at radius 3 is 0.833 bits per heavy atom. The van der Waals surface area contributed by atoms with Crippen molar-refractivity contribution in [2.75, 3.05) is 19.6 Å². The smallest absolute Gasteiger partial charge is 0.261 e. The summed E-state index contributed by atoms with van der Waals surface area (Å²) >= 11 is 0. The van der Waals surface area contributed by atoms with Gasteiger partial charge in [-0.25, -0.2) is 0 Å². The van der Waals surface area contributed by atoms with Gasteiger partial charge in [0.1, 0.15) is 0 Å². The fraction of sp³-hybridized carbons (Fsp3) is 1.00. The summed E-state index contributed by atoms with van der Waals surface area (Å²) in [5.41, 5.74) is 4.50. The third-order valence-electron chi connectivity index (χ3n) is 0. The van der Waals surface area contributed by atoms with Crippen molar-refractivity contribution in [1.29, 1.82) is 0 Å². The molecule has 0 aliphatic carbocycles. The van der Waals surface area contributed by atoms with Crippen LogP contribution in [0.5, 0.6) is 0 Å². The van der Waals surface area contributed by atoms with E-state index in [1.54, 1.807) is 0 Å². The van der Waals surface area contributed by atoms with Crippen LogP contribution in [0.2, 0.25) is 0 Å². The molecule has 0 aliphatic heterocycles. The maximum Gasteiger partial charge on any atom is 0.261 e. The van der Waals surface area contributed by atoms with Gasteiger partial charge >= 0.3 is 0 Å². The zero-order valence-electron chi connectivity index (χ0n) is 6.92. The van der Waals surface area contributed by atoms with E-state index in [1.165, 1.54) is 7.05 Å². The summed E-state index contributed by atoms with van der Waals surface area (Å²) < 4.78 is 51.7. The van der Waals surface area contributed by atoms with Gasteiger partial charge in [-0.3, -0.25) is 9.11 Å². The molecule has 0 saturated carbocycles. The molecule has 0 aromatic carbocycles. The van der Waals surface area contributed by atoms with Crippen molar-refractivity contribution in [3.8, 4) is 0 Å². The zero-order chi connectivity index (χ0) is 11.0. The molecule has 0 aromatic heterocycles. The fourth-order valence-electron chi connectivity index (χ4n) is 0. The average Bonchev–Trinajstić information content (AvgIpc) is 1.59. The van der Waals surface area contributed by atoms with Gasteiger partial charge in [0.05, 0.1) is 12.5 Å². The van der Waals surface area contributed by atoms with Gasteiger partial charge in [-0.05, 0) is 7.05 Å². The van der Waals surface area contributed by atoms with Crippen LogP contribution < -0.4 is 5.73 Å². The van der Waals surface area contributed by atoms with E-state index in [4.69, 9.17) is 9.11 Å². The first-order valence-electron chi connectivity index (χ1n) is 2.43. The summed E-state index contributed by atoms with van der Waals surface area (Å²) in [5, 5.41) is 0. The highest BCUT2D eigenvalue weighted by atomic mass is 32.2. The molecule has 9 heteroatoms. The van der Waals surface area contributed by atoms with Crippen LogP contribution in [0.1, 0.15) is 0 Å². The van der Waals surface area contributed by atoms with E-state index in [9.17, 15) is 16.8 Å². The van der Waals surface area contributed by atoms with Crippen molar-refractivity contribution in [3.63, 3.8) is 0 Å². The Morgan fingerprint density at radius 2 is 0.833 bits per heavy atom.